The molecule has 0 bridgehead atoms. The number of carbonyl (C=O) groups excluding carboxylic acids is 2. The lowest BCUT2D eigenvalue weighted by Gasteiger charge is -2.18. The highest BCUT2D eigenvalue weighted by molar-refractivity contribution is 6.02. The molecule has 0 saturated carbocycles. The van der Waals surface area contributed by atoms with Crippen LogP contribution in [-0.2, 0) is 4.79 Å². The Morgan fingerprint density at radius 3 is 2.30 bits per heavy atom. The zero-order valence-corrected chi connectivity index (χ0v) is 16.3. The van der Waals surface area contributed by atoms with E-state index < -0.39 is 0 Å². The molecule has 0 unspecified atom stereocenters. The normalized spacial score (nSPS) is 10.9. The highest BCUT2D eigenvalue weighted by atomic mass is 16.3. The molecule has 27 heavy (non-hydrogen) atoms. The van der Waals surface area contributed by atoms with Crippen molar-refractivity contribution in [1.82, 2.24) is 4.90 Å². The van der Waals surface area contributed by atoms with E-state index in [9.17, 15) is 9.59 Å². The highest BCUT2D eigenvalue weighted by Gasteiger charge is 2.22. The first-order valence-corrected chi connectivity index (χ1v) is 8.89. The van der Waals surface area contributed by atoms with Crippen molar-refractivity contribution in [3.63, 3.8) is 0 Å². The van der Waals surface area contributed by atoms with E-state index in [1.54, 1.807) is 7.05 Å². The summed E-state index contributed by atoms with van der Waals surface area (Å²) in [6.07, 6.45) is 0. The van der Waals surface area contributed by atoms with Crippen LogP contribution in [0, 0.1) is 27.7 Å². The summed E-state index contributed by atoms with van der Waals surface area (Å²) in [4.78, 5) is 26.6. The Balaban J connectivity index is 1.74. The molecule has 0 aliphatic rings. The van der Waals surface area contributed by atoms with E-state index in [0.29, 0.717) is 5.58 Å². The highest BCUT2D eigenvalue weighted by Crippen LogP contribution is 2.26. The Morgan fingerprint density at radius 1 is 1.04 bits per heavy atom. The van der Waals surface area contributed by atoms with E-state index in [0.717, 1.165) is 33.3 Å². The number of likely N-dealkylation sites (N-methyl/N-ethyl adjacent to an activating group) is 1. The summed E-state index contributed by atoms with van der Waals surface area (Å²) in [5.41, 5.74) is 5.41. The van der Waals surface area contributed by atoms with Gasteiger partial charge in [-0.2, -0.15) is 0 Å². The molecule has 0 aliphatic heterocycles. The predicted molar refractivity (Wildman–Crippen MR) is 107 cm³/mol. The SMILES string of the molecule is Cc1cc(C)c(NC(=O)CN(C)C(=O)c2oc3ccccc3c2C)c(C)c1. The zero-order chi connectivity index (χ0) is 19.7. The van der Waals surface area contributed by atoms with Crippen molar-refractivity contribution in [3.8, 4) is 0 Å². The number of rotatable bonds is 4. The summed E-state index contributed by atoms with van der Waals surface area (Å²) < 4.78 is 5.71. The van der Waals surface area contributed by atoms with Gasteiger partial charge >= 0.3 is 0 Å². The van der Waals surface area contributed by atoms with E-state index in [4.69, 9.17) is 4.42 Å². The summed E-state index contributed by atoms with van der Waals surface area (Å²) in [5.74, 6) is -0.278. The van der Waals surface area contributed by atoms with Crippen LogP contribution >= 0.6 is 0 Å². The number of hydrogen-bond acceptors (Lipinski definition) is 3. The van der Waals surface area contributed by atoms with Gasteiger partial charge in [0.05, 0.1) is 6.54 Å². The summed E-state index contributed by atoms with van der Waals surface area (Å²) >= 11 is 0. The van der Waals surface area contributed by atoms with Gasteiger partial charge in [-0.3, -0.25) is 9.59 Å². The fourth-order valence-electron chi connectivity index (χ4n) is 3.40. The maximum atomic E-state index is 12.8. The molecule has 5 nitrogen and oxygen atoms in total. The monoisotopic (exact) mass is 364 g/mol. The molecule has 140 valence electrons. The van der Waals surface area contributed by atoms with E-state index >= 15 is 0 Å². The molecule has 0 spiro atoms. The molecule has 0 atom stereocenters. The molecule has 0 aliphatic carbocycles. The number of para-hydroxylation sites is 1. The molecule has 2 amide bonds. The van der Waals surface area contributed by atoms with Gasteiger partial charge in [0.2, 0.25) is 5.91 Å². The van der Waals surface area contributed by atoms with Crippen molar-refractivity contribution < 1.29 is 14.0 Å². The number of nitrogens with one attached hydrogen (secondary N) is 1. The average Bonchev–Trinajstić information content (AvgIpc) is 2.94. The first-order valence-electron chi connectivity index (χ1n) is 8.89. The minimum absolute atomic E-state index is 0.0535. The fourth-order valence-corrected chi connectivity index (χ4v) is 3.40. The lowest BCUT2D eigenvalue weighted by Crippen LogP contribution is -2.35. The van der Waals surface area contributed by atoms with Crippen molar-refractivity contribution in [2.45, 2.75) is 27.7 Å². The Hall–Kier alpha value is -3.08. The number of anilines is 1. The largest absolute Gasteiger partial charge is 0.451 e. The van der Waals surface area contributed by atoms with Gasteiger partial charge in [0.15, 0.2) is 5.76 Å². The standard InChI is InChI=1S/C22H24N2O3/c1-13-10-14(2)20(15(3)11-13)23-19(25)12-24(5)22(26)21-16(4)17-8-6-7-9-18(17)27-21/h6-11H,12H2,1-5H3,(H,23,25). The molecule has 3 aromatic rings. The first kappa shape index (κ1) is 18.7. The number of nitrogens with zero attached hydrogens (tertiary/aromatic N) is 1. The van der Waals surface area contributed by atoms with Crippen LogP contribution in [0.25, 0.3) is 11.0 Å². The van der Waals surface area contributed by atoms with Crippen molar-refractivity contribution in [2.24, 2.45) is 0 Å². The third kappa shape index (κ3) is 3.72. The molecule has 2 aromatic carbocycles. The Kier molecular flexibility index (Phi) is 5.04. The lowest BCUT2D eigenvalue weighted by molar-refractivity contribution is -0.116. The van der Waals surface area contributed by atoms with Crippen molar-refractivity contribution in [1.29, 1.82) is 0 Å². The van der Waals surface area contributed by atoms with Crippen LogP contribution in [0.5, 0.6) is 0 Å². The van der Waals surface area contributed by atoms with Crippen LogP contribution < -0.4 is 5.32 Å². The second kappa shape index (κ2) is 7.27. The molecular formula is C22H24N2O3. The maximum Gasteiger partial charge on any atom is 0.290 e. The zero-order valence-electron chi connectivity index (χ0n) is 16.3. The second-order valence-electron chi connectivity index (χ2n) is 7.04. The van der Waals surface area contributed by atoms with Gasteiger partial charge in [-0.05, 0) is 44.9 Å². The Bertz CT molecular complexity index is 1010. The van der Waals surface area contributed by atoms with Crippen LogP contribution in [0.3, 0.4) is 0 Å². The molecule has 1 N–H and O–H groups in total. The third-order valence-corrected chi connectivity index (χ3v) is 4.71. The number of carbonyl (C=O) groups is 2. The van der Waals surface area contributed by atoms with Crippen LogP contribution in [0.4, 0.5) is 5.69 Å². The van der Waals surface area contributed by atoms with E-state index in [1.807, 2.05) is 64.1 Å². The third-order valence-electron chi connectivity index (χ3n) is 4.71. The molecule has 1 heterocycles. The van der Waals surface area contributed by atoms with Crippen LogP contribution in [0.15, 0.2) is 40.8 Å². The van der Waals surface area contributed by atoms with Crippen molar-refractivity contribution >= 4 is 28.5 Å². The lowest BCUT2D eigenvalue weighted by atomic mass is 10.1. The summed E-state index contributed by atoms with van der Waals surface area (Å²) in [6.45, 7) is 7.74. The molecule has 0 saturated heterocycles. The van der Waals surface area contributed by atoms with Gasteiger partial charge in [0.1, 0.15) is 5.58 Å². The predicted octanol–water partition coefficient (Wildman–Crippen LogP) is 4.38. The second-order valence-corrected chi connectivity index (χ2v) is 7.04. The van der Waals surface area contributed by atoms with Gasteiger partial charge in [-0.25, -0.2) is 0 Å². The molecule has 5 heteroatoms. The quantitative estimate of drug-likeness (QED) is 0.747. The fraction of sp³-hybridized carbons (Fsp3) is 0.273. The number of amides is 2. The minimum Gasteiger partial charge on any atom is -0.451 e. The van der Waals surface area contributed by atoms with Crippen LogP contribution in [0.2, 0.25) is 0 Å². The van der Waals surface area contributed by atoms with Crippen LogP contribution in [0.1, 0.15) is 32.8 Å². The van der Waals surface area contributed by atoms with Gasteiger partial charge in [0.25, 0.3) is 5.91 Å². The van der Waals surface area contributed by atoms with E-state index in [1.165, 1.54) is 4.90 Å². The van der Waals surface area contributed by atoms with E-state index in [-0.39, 0.29) is 24.1 Å². The Morgan fingerprint density at radius 2 is 1.67 bits per heavy atom. The molecule has 0 fully saturated rings. The minimum atomic E-state index is -0.309. The number of aryl methyl sites for hydroxylation is 4. The first-order chi connectivity index (χ1) is 12.8. The smallest absolute Gasteiger partial charge is 0.290 e. The molecule has 3 rings (SSSR count). The van der Waals surface area contributed by atoms with Crippen LogP contribution in [-0.4, -0.2) is 30.3 Å². The van der Waals surface area contributed by atoms with Gasteiger partial charge in [0, 0.05) is 23.7 Å². The summed E-state index contributed by atoms with van der Waals surface area (Å²) in [5, 5.41) is 3.83. The number of benzene rings is 2. The van der Waals surface area contributed by atoms with Gasteiger partial charge in [-0.15, -0.1) is 0 Å². The average molecular weight is 364 g/mol. The topological polar surface area (TPSA) is 62.6 Å². The maximum absolute atomic E-state index is 12.8. The number of fused-ring (bicyclic) bond motifs is 1. The number of hydrogen-bond donors (Lipinski definition) is 1. The van der Waals surface area contributed by atoms with E-state index in [2.05, 4.69) is 5.32 Å². The number of furan rings is 1. The molecule has 0 radical (unpaired) electrons. The summed E-state index contributed by atoms with van der Waals surface area (Å²) in [7, 11) is 1.60. The van der Waals surface area contributed by atoms with Crippen molar-refractivity contribution in [2.75, 3.05) is 18.9 Å². The summed E-state index contributed by atoms with van der Waals surface area (Å²) in [6, 6.07) is 11.6. The van der Waals surface area contributed by atoms with Gasteiger partial charge < -0.3 is 14.6 Å². The molecule has 1 aromatic heterocycles. The molecular weight excluding hydrogens is 340 g/mol. The Labute approximate surface area is 159 Å². The van der Waals surface area contributed by atoms with Gasteiger partial charge in [-0.1, -0.05) is 35.9 Å². The van der Waals surface area contributed by atoms with Crippen molar-refractivity contribution in [3.05, 3.63) is 64.4 Å².